The van der Waals surface area contributed by atoms with Gasteiger partial charge in [-0.3, -0.25) is 4.79 Å². The first-order valence-corrected chi connectivity index (χ1v) is 11.0. The number of anilines is 1. The van der Waals surface area contributed by atoms with Crippen molar-refractivity contribution in [1.82, 2.24) is 4.98 Å². The van der Waals surface area contributed by atoms with Crippen molar-refractivity contribution in [1.29, 1.82) is 0 Å². The Morgan fingerprint density at radius 3 is 2.62 bits per heavy atom. The molecule has 5 nitrogen and oxygen atoms in total. The number of carbonyl (C=O) groups excluding carboxylic acids is 1. The molecule has 1 unspecified atom stereocenters. The molecule has 0 aliphatic carbocycles. The van der Waals surface area contributed by atoms with Crippen LogP contribution >= 0.6 is 11.6 Å². The van der Waals surface area contributed by atoms with Gasteiger partial charge in [-0.05, 0) is 72.9 Å². The topological polar surface area (TPSA) is 64.4 Å². The second-order valence-corrected chi connectivity index (χ2v) is 8.29. The third-order valence-corrected chi connectivity index (χ3v) is 5.93. The fourth-order valence-corrected chi connectivity index (χ4v) is 3.51. The molecule has 1 aromatic heterocycles. The number of halogens is 1. The summed E-state index contributed by atoms with van der Waals surface area (Å²) < 4.78 is 11.5. The molecule has 0 bridgehead atoms. The third kappa shape index (κ3) is 4.94. The Labute approximate surface area is 192 Å². The first-order valence-electron chi connectivity index (χ1n) is 10.6. The van der Waals surface area contributed by atoms with Gasteiger partial charge in [0.1, 0.15) is 11.3 Å². The number of hydrogen-bond acceptors (Lipinski definition) is 4. The molecule has 0 saturated carbocycles. The first kappa shape index (κ1) is 21.9. The van der Waals surface area contributed by atoms with Crippen LogP contribution in [0.15, 0.2) is 65.1 Å². The molecule has 0 aliphatic heterocycles. The highest BCUT2D eigenvalue weighted by Crippen LogP contribution is 2.29. The maximum Gasteiger partial charge on any atom is 0.262 e. The van der Waals surface area contributed by atoms with Gasteiger partial charge in [0.2, 0.25) is 5.89 Å². The van der Waals surface area contributed by atoms with Gasteiger partial charge in [0.25, 0.3) is 5.91 Å². The van der Waals surface area contributed by atoms with Gasteiger partial charge in [-0.15, -0.1) is 0 Å². The number of fused-ring (bicyclic) bond motifs is 1. The van der Waals surface area contributed by atoms with Crippen molar-refractivity contribution in [2.45, 2.75) is 33.1 Å². The maximum atomic E-state index is 12.3. The van der Waals surface area contributed by atoms with Crippen LogP contribution in [0.2, 0.25) is 5.02 Å². The van der Waals surface area contributed by atoms with E-state index in [1.165, 1.54) is 5.56 Å². The molecule has 0 fully saturated rings. The van der Waals surface area contributed by atoms with Crippen molar-refractivity contribution < 1.29 is 13.9 Å². The highest BCUT2D eigenvalue weighted by Gasteiger charge is 2.12. The Balaban J connectivity index is 1.40. The number of benzene rings is 3. The van der Waals surface area contributed by atoms with E-state index in [-0.39, 0.29) is 12.5 Å². The largest absolute Gasteiger partial charge is 0.484 e. The monoisotopic (exact) mass is 448 g/mol. The normalized spacial score (nSPS) is 12.0. The summed E-state index contributed by atoms with van der Waals surface area (Å²) in [6, 6.07) is 18.9. The van der Waals surface area contributed by atoms with Crippen LogP contribution in [0.3, 0.4) is 0 Å². The minimum absolute atomic E-state index is 0.0767. The van der Waals surface area contributed by atoms with Crippen molar-refractivity contribution in [2.24, 2.45) is 0 Å². The summed E-state index contributed by atoms with van der Waals surface area (Å²) in [5.41, 5.74) is 4.96. The van der Waals surface area contributed by atoms with Gasteiger partial charge < -0.3 is 14.5 Å². The zero-order valence-electron chi connectivity index (χ0n) is 18.3. The summed E-state index contributed by atoms with van der Waals surface area (Å²) in [4.78, 5) is 16.9. The fourth-order valence-electron chi connectivity index (χ4n) is 3.33. The number of nitrogens with one attached hydrogen (secondary N) is 1. The number of aryl methyl sites for hydroxylation is 1. The number of ether oxygens (including phenoxy) is 1. The summed E-state index contributed by atoms with van der Waals surface area (Å²) in [6.45, 7) is 6.22. The highest BCUT2D eigenvalue weighted by molar-refractivity contribution is 6.31. The molecule has 0 radical (unpaired) electrons. The molecule has 6 heteroatoms. The zero-order valence-corrected chi connectivity index (χ0v) is 19.1. The lowest BCUT2D eigenvalue weighted by atomic mass is 9.99. The predicted molar refractivity (Wildman–Crippen MR) is 128 cm³/mol. The van der Waals surface area contributed by atoms with E-state index in [2.05, 4.69) is 24.1 Å². The van der Waals surface area contributed by atoms with Gasteiger partial charge in [-0.25, -0.2) is 4.98 Å². The van der Waals surface area contributed by atoms with E-state index in [4.69, 9.17) is 20.8 Å². The Bertz CT molecular complexity index is 1250. The van der Waals surface area contributed by atoms with Gasteiger partial charge in [0.05, 0.1) is 0 Å². The van der Waals surface area contributed by atoms with Gasteiger partial charge in [0, 0.05) is 16.3 Å². The van der Waals surface area contributed by atoms with Crippen molar-refractivity contribution >= 4 is 34.3 Å². The number of aromatic nitrogens is 1. The number of amides is 1. The van der Waals surface area contributed by atoms with Crippen LogP contribution in [0.5, 0.6) is 5.75 Å². The molecule has 4 aromatic rings. The molecule has 3 aromatic carbocycles. The van der Waals surface area contributed by atoms with E-state index in [0.29, 0.717) is 39.4 Å². The lowest BCUT2D eigenvalue weighted by molar-refractivity contribution is -0.118. The Hall–Kier alpha value is -3.31. The minimum atomic E-state index is -0.246. The number of nitrogens with zero attached hydrogens (tertiary/aromatic N) is 1. The van der Waals surface area contributed by atoms with Crippen LogP contribution in [0.25, 0.3) is 22.6 Å². The van der Waals surface area contributed by atoms with E-state index in [9.17, 15) is 4.79 Å². The molecule has 0 spiro atoms. The summed E-state index contributed by atoms with van der Waals surface area (Å²) in [6.07, 6.45) is 1.08. The van der Waals surface area contributed by atoms with Crippen LogP contribution in [0.1, 0.15) is 37.3 Å². The Morgan fingerprint density at radius 2 is 1.91 bits per heavy atom. The Kier molecular flexibility index (Phi) is 6.47. The van der Waals surface area contributed by atoms with E-state index in [0.717, 1.165) is 17.5 Å². The van der Waals surface area contributed by atoms with E-state index >= 15 is 0 Å². The molecule has 4 rings (SSSR count). The third-order valence-electron chi connectivity index (χ3n) is 5.52. The van der Waals surface area contributed by atoms with Gasteiger partial charge in [0.15, 0.2) is 12.2 Å². The van der Waals surface area contributed by atoms with Gasteiger partial charge in [-0.1, -0.05) is 43.6 Å². The first-order chi connectivity index (χ1) is 15.4. The maximum absolute atomic E-state index is 12.3. The number of hydrogen-bond donors (Lipinski definition) is 1. The predicted octanol–water partition coefficient (Wildman–Crippen LogP) is 6.99. The molecule has 1 atom stereocenters. The quantitative estimate of drug-likeness (QED) is 0.331. The summed E-state index contributed by atoms with van der Waals surface area (Å²) in [5, 5.41) is 3.50. The fraction of sp³-hybridized carbons (Fsp3) is 0.231. The highest BCUT2D eigenvalue weighted by atomic mass is 35.5. The van der Waals surface area contributed by atoms with Crippen LogP contribution in [0, 0.1) is 6.92 Å². The van der Waals surface area contributed by atoms with Gasteiger partial charge >= 0.3 is 0 Å². The molecular formula is C26H25ClN2O3. The van der Waals surface area contributed by atoms with Crippen LogP contribution in [-0.4, -0.2) is 17.5 Å². The van der Waals surface area contributed by atoms with Crippen LogP contribution < -0.4 is 10.1 Å². The lowest BCUT2D eigenvalue weighted by Gasteiger charge is -2.11. The van der Waals surface area contributed by atoms with Gasteiger partial charge in [-0.2, -0.15) is 0 Å². The minimum Gasteiger partial charge on any atom is -0.484 e. The smallest absolute Gasteiger partial charge is 0.262 e. The SMILES string of the molecule is CCC(C)c1ccc(OCC(=O)Nc2ccc3oc(-c4ccc(C)c(Cl)c4)nc3c2)cc1. The van der Waals surface area contributed by atoms with E-state index in [1.807, 2.05) is 49.4 Å². The molecule has 1 heterocycles. The summed E-state index contributed by atoms with van der Waals surface area (Å²) >= 11 is 6.22. The average Bonchev–Trinajstić information content (AvgIpc) is 3.23. The number of rotatable bonds is 7. The van der Waals surface area contributed by atoms with Crippen molar-refractivity contribution in [3.63, 3.8) is 0 Å². The number of carbonyl (C=O) groups is 1. The molecule has 1 N–H and O–H groups in total. The molecule has 32 heavy (non-hydrogen) atoms. The Morgan fingerprint density at radius 1 is 1.12 bits per heavy atom. The van der Waals surface area contributed by atoms with Crippen molar-refractivity contribution in [3.8, 4) is 17.2 Å². The lowest BCUT2D eigenvalue weighted by Crippen LogP contribution is -2.20. The van der Waals surface area contributed by atoms with E-state index in [1.54, 1.807) is 18.2 Å². The van der Waals surface area contributed by atoms with Crippen LogP contribution in [0.4, 0.5) is 5.69 Å². The number of oxazole rings is 1. The second-order valence-electron chi connectivity index (χ2n) is 7.88. The molecule has 1 amide bonds. The average molecular weight is 449 g/mol. The molecule has 0 saturated heterocycles. The van der Waals surface area contributed by atoms with E-state index < -0.39 is 0 Å². The van der Waals surface area contributed by atoms with Crippen molar-refractivity contribution in [2.75, 3.05) is 11.9 Å². The summed E-state index contributed by atoms with van der Waals surface area (Å²) in [5.74, 6) is 1.40. The summed E-state index contributed by atoms with van der Waals surface area (Å²) in [7, 11) is 0. The molecular weight excluding hydrogens is 424 g/mol. The standard InChI is InChI=1S/C26H25ClN2O3/c1-4-16(2)18-7-10-21(11-8-18)31-15-25(30)28-20-9-12-24-23(14-20)29-26(32-24)19-6-5-17(3)22(27)13-19/h5-14,16H,4,15H2,1-3H3,(H,28,30). The molecule has 0 aliphatic rings. The molecule has 164 valence electrons. The zero-order chi connectivity index (χ0) is 22.7. The second kappa shape index (κ2) is 9.45. The van der Waals surface area contributed by atoms with Crippen molar-refractivity contribution in [3.05, 3.63) is 76.8 Å². The van der Waals surface area contributed by atoms with Crippen LogP contribution in [-0.2, 0) is 4.79 Å².